The zero-order valence-electron chi connectivity index (χ0n) is 14.4. The van der Waals surface area contributed by atoms with E-state index in [1.165, 1.54) is 33.3 Å². The summed E-state index contributed by atoms with van der Waals surface area (Å²) in [5.74, 6) is 0. The molecule has 0 aliphatic heterocycles. The maximum absolute atomic E-state index is 2.43. The smallest absolute Gasteiger partial charge is 0.0609 e. The summed E-state index contributed by atoms with van der Waals surface area (Å²) in [6, 6.07) is 30.9. The number of hydrogen-bond acceptors (Lipinski definition) is 0. The fourth-order valence-corrected chi connectivity index (χ4v) is 4.87. The van der Waals surface area contributed by atoms with Crippen LogP contribution in [-0.2, 0) is 18.9 Å². The first-order chi connectivity index (χ1) is 12.3. The second kappa shape index (κ2) is 5.35. The van der Waals surface area contributed by atoms with Gasteiger partial charge in [0.15, 0.2) is 0 Å². The minimum absolute atomic E-state index is 0.0639. The van der Waals surface area contributed by atoms with Gasteiger partial charge in [0.1, 0.15) is 0 Å². The number of rotatable bonds is 2. The fraction of sp³-hybridized carbons (Fsp3) is 0.167. The van der Waals surface area contributed by atoms with Crippen LogP contribution < -0.4 is 0 Å². The Morgan fingerprint density at radius 1 is 0.720 bits per heavy atom. The van der Waals surface area contributed by atoms with Crippen LogP contribution in [0.2, 0.25) is 0 Å². The number of nitrogens with zero attached hydrogens (tertiary/aromatic N) is 1. The first-order valence-corrected chi connectivity index (χ1v) is 9.00. The molecule has 5 rings (SSSR count). The molecule has 1 aliphatic carbocycles. The third-order valence-electron chi connectivity index (χ3n) is 5.90. The van der Waals surface area contributed by atoms with Gasteiger partial charge in [0.2, 0.25) is 0 Å². The molecule has 0 bridgehead atoms. The Hall–Kier alpha value is -2.80. The predicted octanol–water partition coefficient (Wildman–Crippen LogP) is 5.46. The van der Waals surface area contributed by atoms with Gasteiger partial charge in [0, 0.05) is 23.6 Å². The van der Waals surface area contributed by atoms with E-state index in [4.69, 9.17) is 0 Å². The number of benzene rings is 3. The van der Waals surface area contributed by atoms with E-state index in [1.54, 1.807) is 0 Å². The molecule has 0 fully saturated rings. The number of fused-ring (bicyclic) bond motifs is 3. The summed E-state index contributed by atoms with van der Waals surface area (Å²) in [5.41, 5.74) is 7.04. The molecule has 1 nitrogen and oxygen atoms in total. The quantitative estimate of drug-likeness (QED) is 0.462. The van der Waals surface area contributed by atoms with Gasteiger partial charge < -0.3 is 4.57 Å². The number of aryl methyl sites for hydroxylation is 2. The molecule has 1 heteroatoms. The Kier molecular flexibility index (Phi) is 3.11. The highest BCUT2D eigenvalue weighted by atomic mass is 15.0. The van der Waals surface area contributed by atoms with E-state index in [-0.39, 0.29) is 5.41 Å². The average molecular weight is 323 g/mol. The molecule has 3 aromatic carbocycles. The number of hydrogen-bond donors (Lipinski definition) is 0. The van der Waals surface area contributed by atoms with Crippen LogP contribution in [0.5, 0.6) is 0 Å². The van der Waals surface area contributed by atoms with Crippen molar-refractivity contribution < 1.29 is 0 Å². The summed E-state index contributed by atoms with van der Waals surface area (Å²) in [5, 5.41) is 1.41. The summed E-state index contributed by atoms with van der Waals surface area (Å²) < 4.78 is 2.43. The van der Waals surface area contributed by atoms with Crippen molar-refractivity contribution in [3.8, 4) is 0 Å². The van der Waals surface area contributed by atoms with Gasteiger partial charge in [-0.1, -0.05) is 78.9 Å². The summed E-state index contributed by atoms with van der Waals surface area (Å²) in [6.07, 6.45) is 2.25. The van der Waals surface area contributed by atoms with Crippen molar-refractivity contribution >= 4 is 10.9 Å². The molecule has 1 heterocycles. The minimum atomic E-state index is -0.0639. The van der Waals surface area contributed by atoms with Crippen LogP contribution >= 0.6 is 0 Å². The highest BCUT2D eigenvalue weighted by Crippen LogP contribution is 2.51. The summed E-state index contributed by atoms with van der Waals surface area (Å²) >= 11 is 0. The Morgan fingerprint density at radius 3 is 1.92 bits per heavy atom. The Morgan fingerprint density at radius 2 is 1.28 bits per heavy atom. The fourth-order valence-electron chi connectivity index (χ4n) is 4.87. The molecular formula is C24H21N. The zero-order valence-corrected chi connectivity index (χ0v) is 14.4. The van der Waals surface area contributed by atoms with Gasteiger partial charge in [0.05, 0.1) is 5.41 Å². The van der Waals surface area contributed by atoms with E-state index in [1.807, 2.05) is 0 Å². The van der Waals surface area contributed by atoms with Crippen LogP contribution in [0.1, 0.15) is 28.8 Å². The SMILES string of the molecule is Cn1c2c(c3ccccc31)CCC2(c1ccccc1)c1ccccc1. The third kappa shape index (κ3) is 1.90. The topological polar surface area (TPSA) is 4.93 Å². The molecule has 1 aromatic heterocycles. The maximum Gasteiger partial charge on any atom is 0.0609 e. The van der Waals surface area contributed by atoms with Gasteiger partial charge >= 0.3 is 0 Å². The molecule has 0 spiro atoms. The maximum atomic E-state index is 2.43. The van der Waals surface area contributed by atoms with Crippen molar-refractivity contribution in [3.05, 3.63) is 107 Å². The van der Waals surface area contributed by atoms with Crippen molar-refractivity contribution in [1.29, 1.82) is 0 Å². The van der Waals surface area contributed by atoms with Crippen molar-refractivity contribution in [2.45, 2.75) is 18.3 Å². The Balaban J connectivity index is 1.90. The van der Waals surface area contributed by atoms with Crippen LogP contribution in [0, 0.1) is 0 Å². The van der Waals surface area contributed by atoms with Gasteiger partial charge in [-0.25, -0.2) is 0 Å². The van der Waals surface area contributed by atoms with Gasteiger partial charge in [-0.05, 0) is 35.6 Å². The first kappa shape index (κ1) is 14.5. The van der Waals surface area contributed by atoms with E-state index in [9.17, 15) is 0 Å². The first-order valence-electron chi connectivity index (χ1n) is 9.00. The van der Waals surface area contributed by atoms with Gasteiger partial charge in [0.25, 0.3) is 0 Å². The van der Waals surface area contributed by atoms with Crippen LogP contribution in [0.3, 0.4) is 0 Å². The monoisotopic (exact) mass is 323 g/mol. The summed E-state index contributed by atoms with van der Waals surface area (Å²) in [7, 11) is 2.23. The second-order valence-corrected chi connectivity index (χ2v) is 7.04. The molecule has 0 radical (unpaired) electrons. The largest absolute Gasteiger partial charge is 0.346 e. The van der Waals surface area contributed by atoms with Gasteiger partial charge in [-0.15, -0.1) is 0 Å². The normalized spacial score (nSPS) is 15.4. The summed E-state index contributed by atoms with van der Waals surface area (Å²) in [6.45, 7) is 0. The lowest BCUT2D eigenvalue weighted by molar-refractivity contribution is 0.575. The molecule has 0 saturated heterocycles. The zero-order chi connectivity index (χ0) is 16.9. The van der Waals surface area contributed by atoms with Gasteiger partial charge in [-0.3, -0.25) is 0 Å². The van der Waals surface area contributed by atoms with Crippen molar-refractivity contribution in [3.63, 3.8) is 0 Å². The molecule has 122 valence electrons. The van der Waals surface area contributed by atoms with Crippen LogP contribution in [0.25, 0.3) is 10.9 Å². The molecule has 0 amide bonds. The van der Waals surface area contributed by atoms with E-state index in [0.717, 1.165) is 12.8 Å². The van der Waals surface area contributed by atoms with E-state index >= 15 is 0 Å². The van der Waals surface area contributed by atoms with E-state index in [0.29, 0.717) is 0 Å². The summed E-state index contributed by atoms with van der Waals surface area (Å²) in [4.78, 5) is 0. The lowest BCUT2D eigenvalue weighted by Crippen LogP contribution is -2.28. The molecule has 4 aromatic rings. The highest BCUT2D eigenvalue weighted by molar-refractivity contribution is 5.87. The number of aromatic nitrogens is 1. The Labute approximate surface area is 148 Å². The van der Waals surface area contributed by atoms with E-state index < -0.39 is 0 Å². The molecule has 25 heavy (non-hydrogen) atoms. The van der Waals surface area contributed by atoms with E-state index in [2.05, 4.69) is 96.5 Å². The molecule has 1 aliphatic rings. The second-order valence-electron chi connectivity index (χ2n) is 7.04. The predicted molar refractivity (Wildman–Crippen MR) is 104 cm³/mol. The van der Waals surface area contributed by atoms with Crippen molar-refractivity contribution in [2.75, 3.05) is 0 Å². The van der Waals surface area contributed by atoms with Crippen molar-refractivity contribution in [1.82, 2.24) is 4.57 Å². The standard InChI is InChI=1S/C24H21N/c1-25-22-15-9-8-14-20(22)21-16-17-24(23(21)25,18-10-4-2-5-11-18)19-12-6-3-7-13-19/h2-15H,16-17H2,1H3. The van der Waals surface area contributed by atoms with Crippen LogP contribution in [0.4, 0.5) is 0 Å². The molecule has 0 saturated carbocycles. The average Bonchev–Trinajstić information content (AvgIpc) is 3.22. The lowest BCUT2D eigenvalue weighted by atomic mass is 9.72. The third-order valence-corrected chi connectivity index (χ3v) is 5.90. The minimum Gasteiger partial charge on any atom is -0.346 e. The number of para-hydroxylation sites is 1. The van der Waals surface area contributed by atoms with Crippen LogP contribution in [-0.4, -0.2) is 4.57 Å². The van der Waals surface area contributed by atoms with Crippen LogP contribution in [0.15, 0.2) is 84.9 Å². The van der Waals surface area contributed by atoms with Crippen molar-refractivity contribution in [2.24, 2.45) is 7.05 Å². The molecule has 0 unspecified atom stereocenters. The molecule has 0 N–H and O–H groups in total. The molecule has 0 atom stereocenters. The Bertz CT molecular complexity index is 1000. The van der Waals surface area contributed by atoms with Gasteiger partial charge in [-0.2, -0.15) is 0 Å². The highest BCUT2D eigenvalue weighted by Gasteiger charge is 2.45. The molecular weight excluding hydrogens is 302 g/mol. The lowest BCUT2D eigenvalue weighted by Gasteiger charge is -2.32.